The Balaban J connectivity index is 1.67. The first-order valence-corrected chi connectivity index (χ1v) is 8.83. The molecule has 1 aliphatic heterocycles. The molecule has 6 heteroatoms. The SMILES string of the molecule is CC(C(=O)Nc1cc(Cl)cc(Cl)c1)N1C(=O)c2cccc3cccc1c23. The van der Waals surface area contributed by atoms with E-state index < -0.39 is 6.04 Å². The number of amides is 2. The molecule has 1 atom stereocenters. The molecule has 26 heavy (non-hydrogen) atoms. The van der Waals surface area contributed by atoms with Crippen molar-refractivity contribution >= 4 is 57.2 Å². The average molecular weight is 385 g/mol. The summed E-state index contributed by atoms with van der Waals surface area (Å²) in [7, 11) is 0. The summed E-state index contributed by atoms with van der Waals surface area (Å²) in [5.41, 5.74) is 1.85. The highest BCUT2D eigenvalue weighted by Crippen LogP contribution is 2.38. The number of benzene rings is 3. The molecule has 0 saturated carbocycles. The fourth-order valence-corrected chi connectivity index (χ4v) is 3.84. The maximum atomic E-state index is 12.9. The highest BCUT2D eigenvalue weighted by Gasteiger charge is 2.35. The average Bonchev–Trinajstić information content (AvgIpc) is 2.88. The third-order valence-corrected chi connectivity index (χ3v) is 4.92. The minimum absolute atomic E-state index is 0.177. The summed E-state index contributed by atoms with van der Waals surface area (Å²) in [5.74, 6) is -0.495. The second-order valence-electron chi connectivity index (χ2n) is 6.18. The molecule has 3 aromatic carbocycles. The summed E-state index contributed by atoms with van der Waals surface area (Å²) in [6, 6.07) is 15.4. The van der Waals surface area contributed by atoms with Crippen LogP contribution in [-0.4, -0.2) is 17.9 Å². The fraction of sp³-hybridized carbons (Fsp3) is 0.100. The molecule has 0 spiro atoms. The van der Waals surface area contributed by atoms with Gasteiger partial charge in [-0.3, -0.25) is 14.5 Å². The van der Waals surface area contributed by atoms with Gasteiger partial charge in [0.2, 0.25) is 5.91 Å². The zero-order chi connectivity index (χ0) is 18.4. The first kappa shape index (κ1) is 16.9. The van der Waals surface area contributed by atoms with Crippen molar-refractivity contribution in [3.8, 4) is 0 Å². The van der Waals surface area contributed by atoms with Crippen LogP contribution in [-0.2, 0) is 4.79 Å². The van der Waals surface area contributed by atoms with Crippen molar-refractivity contribution in [2.75, 3.05) is 10.2 Å². The molecule has 130 valence electrons. The predicted molar refractivity (Wildman–Crippen MR) is 105 cm³/mol. The molecular formula is C20H14Cl2N2O2. The number of anilines is 2. The van der Waals surface area contributed by atoms with Crippen LogP contribution in [0, 0.1) is 0 Å². The van der Waals surface area contributed by atoms with E-state index in [1.807, 2.05) is 30.3 Å². The van der Waals surface area contributed by atoms with Crippen LogP contribution in [0.25, 0.3) is 10.8 Å². The maximum Gasteiger partial charge on any atom is 0.259 e. The van der Waals surface area contributed by atoms with Crippen LogP contribution >= 0.6 is 23.2 Å². The Hall–Kier alpha value is -2.56. The molecule has 1 heterocycles. The van der Waals surface area contributed by atoms with E-state index in [0.29, 0.717) is 21.3 Å². The van der Waals surface area contributed by atoms with Gasteiger partial charge in [-0.1, -0.05) is 47.5 Å². The van der Waals surface area contributed by atoms with Gasteiger partial charge in [-0.2, -0.15) is 0 Å². The van der Waals surface area contributed by atoms with E-state index in [9.17, 15) is 9.59 Å². The van der Waals surface area contributed by atoms with Gasteiger partial charge < -0.3 is 5.32 Å². The highest BCUT2D eigenvalue weighted by molar-refractivity contribution is 6.35. The molecule has 0 fully saturated rings. The summed E-state index contributed by atoms with van der Waals surface area (Å²) in [6.07, 6.45) is 0. The summed E-state index contributed by atoms with van der Waals surface area (Å²) in [5, 5.41) is 5.49. The van der Waals surface area contributed by atoms with Crippen molar-refractivity contribution < 1.29 is 9.59 Å². The van der Waals surface area contributed by atoms with Gasteiger partial charge in [-0.15, -0.1) is 0 Å². The Kier molecular flexibility index (Phi) is 4.10. The second kappa shape index (κ2) is 6.31. The lowest BCUT2D eigenvalue weighted by atomic mass is 10.1. The zero-order valence-electron chi connectivity index (χ0n) is 13.8. The highest BCUT2D eigenvalue weighted by atomic mass is 35.5. The van der Waals surface area contributed by atoms with Gasteiger partial charge in [-0.05, 0) is 42.6 Å². The van der Waals surface area contributed by atoms with Crippen LogP contribution in [0.15, 0.2) is 54.6 Å². The Morgan fingerprint density at radius 1 is 1.04 bits per heavy atom. The van der Waals surface area contributed by atoms with Gasteiger partial charge in [-0.25, -0.2) is 0 Å². The molecule has 3 aromatic rings. The monoisotopic (exact) mass is 384 g/mol. The Labute approximate surface area is 160 Å². The lowest BCUT2D eigenvalue weighted by molar-refractivity contribution is -0.117. The smallest absolute Gasteiger partial charge is 0.259 e. The molecule has 4 nitrogen and oxygen atoms in total. The number of halogens is 2. The number of rotatable bonds is 3. The van der Waals surface area contributed by atoms with Crippen LogP contribution in [0.5, 0.6) is 0 Å². The van der Waals surface area contributed by atoms with E-state index in [1.165, 1.54) is 4.90 Å². The van der Waals surface area contributed by atoms with Crippen molar-refractivity contribution in [2.24, 2.45) is 0 Å². The lowest BCUT2D eigenvalue weighted by Crippen LogP contribution is -2.44. The molecule has 0 radical (unpaired) electrons. The first-order chi connectivity index (χ1) is 12.5. The van der Waals surface area contributed by atoms with Gasteiger partial charge in [0, 0.05) is 26.7 Å². The maximum absolute atomic E-state index is 12.9. The van der Waals surface area contributed by atoms with Gasteiger partial charge in [0.05, 0.1) is 5.69 Å². The molecule has 4 rings (SSSR count). The lowest BCUT2D eigenvalue weighted by Gasteiger charge is -2.24. The number of hydrogen-bond acceptors (Lipinski definition) is 2. The Morgan fingerprint density at radius 3 is 2.38 bits per heavy atom. The normalized spacial score (nSPS) is 14.0. The van der Waals surface area contributed by atoms with Gasteiger partial charge in [0.1, 0.15) is 6.04 Å². The van der Waals surface area contributed by atoms with Gasteiger partial charge in [0.25, 0.3) is 5.91 Å². The Morgan fingerprint density at radius 2 is 1.69 bits per heavy atom. The molecule has 1 N–H and O–H groups in total. The first-order valence-electron chi connectivity index (χ1n) is 8.08. The minimum atomic E-state index is -0.696. The van der Waals surface area contributed by atoms with E-state index in [1.54, 1.807) is 31.2 Å². The van der Waals surface area contributed by atoms with Gasteiger partial charge >= 0.3 is 0 Å². The zero-order valence-corrected chi connectivity index (χ0v) is 15.3. The topological polar surface area (TPSA) is 49.4 Å². The van der Waals surface area contributed by atoms with Crippen LogP contribution in [0.2, 0.25) is 10.0 Å². The van der Waals surface area contributed by atoms with E-state index in [2.05, 4.69) is 5.32 Å². The predicted octanol–water partition coefficient (Wildman–Crippen LogP) is 5.13. The molecule has 1 unspecified atom stereocenters. The molecule has 0 saturated heterocycles. The molecular weight excluding hydrogens is 371 g/mol. The number of nitrogens with one attached hydrogen (secondary N) is 1. The van der Waals surface area contributed by atoms with Crippen LogP contribution < -0.4 is 10.2 Å². The number of carbonyl (C=O) groups excluding carboxylic acids is 2. The van der Waals surface area contributed by atoms with Crippen molar-refractivity contribution in [3.63, 3.8) is 0 Å². The number of hydrogen-bond donors (Lipinski definition) is 1. The summed E-state index contributed by atoms with van der Waals surface area (Å²) < 4.78 is 0. The molecule has 0 bridgehead atoms. The van der Waals surface area contributed by atoms with E-state index >= 15 is 0 Å². The van der Waals surface area contributed by atoms with Crippen molar-refractivity contribution in [3.05, 3.63) is 70.2 Å². The molecule has 1 aliphatic rings. The minimum Gasteiger partial charge on any atom is -0.324 e. The van der Waals surface area contributed by atoms with Crippen molar-refractivity contribution in [1.29, 1.82) is 0 Å². The summed E-state index contributed by atoms with van der Waals surface area (Å²) in [6.45, 7) is 1.70. The third-order valence-electron chi connectivity index (χ3n) is 4.49. The summed E-state index contributed by atoms with van der Waals surface area (Å²) in [4.78, 5) is 27.2. The largest absolute Gasteiger partial charge is 0.324 e. The van der Waals surface area contributed by atoms with Crippen LogP contribution in [0.1, 0.15) is 17.3 Å². The number of carbonyl (C=O) groups is 2. The van der Waals surface area contributed by atoms with Crippen molar-refractivity contribution in [2.45, 2.75) is 13.0 Å². The van der Waals surface area contributed by atoms with Crippen molar-refractivity contribution in [1.82, 2.24) is 0 Å². The standard InChI is InChI=1S/C20H14Cl2N2O2/c1-11(19(25)23-15-9-13(21)8-14(22)10-15)24-17-7-3-5-12-4-2-6-16(18(12)17)20(24)26/h2-11H,1H3,(H,23,25). The van der Waals surface area contributed by atoms with E-state index in [4.69, 9.17) is 23.2 Å². The van der Waals surface area contributed by atoms with Gasteiger partial charge in [0.15, 0.2) is 0 Å². The van der Waals surface area contributed by atoms with Crippen LogP contribution in [0.4, 0.5) is 11.4 Å². The summed E-state index contributed by atoms with van der Waals surface area (Å²) >= 11 is 12.0. The van der Waals surface area contributed by atoms with E-state index in [-0.39, 0.29) is 11.8 Å². The molecule has 2 amide bonds. The quantitative estimate of drug-likeness (QED) is 0.679. The number of nitrogens with zero attached hydrogens (tertiary/aromatic N) is 1. The second-order valence-corrected chi connectivity index (χ2v) is 7.05. The Bertz CT molecular complexity index is 1040. The fourth-order valence-electron chi connectivity index (χ4n) is 3.31. The third kappa shape index (κ3) is 2.71. The molecule has 0 aromatic heterocycles. The van der Waals surface area contributed by atoms with E-state index in [0.717, 1.165) is 16.5 Å². The van der Waals surface area contributed by atoms with Crippen LogP contribution in [0.3, 0.4) is 0 Å². The molecule has 0 aliphatic carbocycles.